The molecule has 96 valence electrons. The van der Waals surface area contributed by atoms with Crippen LogP contribution in [0.15, 0.2) is 0 Å². The fourth-order valence-corrected chi connectivity index (χ4v) is 3.45. The summed E-state index contributed by atoms with van der Waals surface area (Å²) in [4.78, 5) is 0.0412. The van der Waals surface area contributed by atoms with Crippen LogP contribution in [0.1, 0.15) is 40.0 Å². The van der Waals surface area contributed by atoms with Crippen LogP contribution < -0.4 is 10.5 Å². The van der Waals surface area contributed by atoms with E-state index in [0.717, 1.165) is 12.8 Å². The van der Waals surface area contributed by atoms with Crippen molar-refractivity contribution in [3.63, 3.8) is 0 Å². The lowest BCUT2D eigenvalue weighted by atomic mass is 10.0. The summed E-state index contributed by atoms with van der Waals surface area (Å²) < 4.78 is 26.3. The van der Waals surface area contributed by atoms with Crippen LogP contribution in [0.4, 0.5) is 0 Å². The van der Waals surface area contributed by atoms with Gasteiger partial charge in [-0.05, 0) is 12.3 Å². The van der Waals surface area contributed by atoms with Crippen molar-refractivity contribution in [1.29, 1.82) is 0 Å². The molecule has 3 N–H and O–H groups in total. The smallest absolute Gasteiger partial charge is 0.221 e. The number of sulfonamides is 1. The third kappa shape index (κ3) is 4.76. The highest BCUT2D eigenvalue weighted by Gasteiger charge is 2.26. The molecule has 0 saturated carbocycles. The molecule has 4 nitrogen and oxygen atoms in total. The van der Waals surface area contributed by atoms with E-state index in [9.17, 15) is 8.42 Å². The number of hydrogen-bond acceptors (Lipinski definition) is 3. The van der Waals surface area contributed by atoms with Crippen molar-refractivity contribution < 1.29 is 8.42 Å². The highest BCUT2D eigenvalue weighted by molar-refractivity contribution is 7.93. The van der Waals surface area contributed by atoms with Crippen LogP contribution in [0, 0.1) is 5.92 Å². The van der Waals surface area contributed by atoms with E-state index >= 15 is 0 Å². The normalized spacial score (nSPS) is 14.0. The Bertz CT molecular complexity index is 311. The average molecular weight is 266 g/mol. The number of nitrogens with two attached hydrogens (primary N) is 1. The van der Waals surface area contributed by atoms with Crippen LogP contribution in [0.2, 0.25) is 0 Å². The standard InChI is InChI=1S/C10H22N2O2S2/c1-4-8(5-2)7-12-16(13,14)9(6-3)10(11)15/h8-9,12H,4-7H2,1-3H3,(H2,11,15). The van der Waals surface area contributed by atoms with Gasteiger partial charge in [0, 0.05) is 6.54 Å². The van der Waals surface area contributed by atoms with E-state index in [2.05, 4.69) is 4.72 Å². The van der Waals surface area contributed by atoms with Gasteiger partial charge in [0.1, 0.15) is 5.25 Å². The van der Waals surface area contributed by atoms with E-state index in [1.807, 2.05) is 13.8 Å². The van der Waals surface area contributed by atoms with Crippen LogP contribution in [-0.2, 0) is 10.0 Å². The van der Waals surface area contributed by atoms with Crippen LogP contribution >= 0.6 is 12.2 Å². The number of hydrogen-bond donors (Lipinski definition) is 2. The van der Waals surface area contributed by atoms with E-state index in [0.29, 0.717) is 18.9 Å². The molecule has 0 radical (unpaired) electrons. The Morgan fingerprint density at radius 2 is 1.75 bits per heavy atom. The van der Waals surface area contributed by atoms with Gasteiger partial charge in [-0.1, -0.05) is 45.8 Å². The summed E-state index contributed by atoms with van der Waals surface area (Å²) in [5.74, 6) is 0.374. The van der Waals surface area contributed by atoms with Crippen molar-refractivity contribution >= 4 is 27.2 Å². The molecule has 0 bridgehead atoms. The maximum atomic E-state index is 11.9. The summed E-state index contributed by atoms with van der Waals surface area (Å²) in [5.41, 5.74) is 5.42. The Balaban J connectivity index is 4.50. The third-order valence-electron chi connectivity index (χ3n) is 2.79. The number of rotatable bonds is 8. The Hall–Kier alpha value is -0.200. The SMILES string of the molecule is CCC(CC)CNS(=O)(=O)C(CC)C(N)=S. The lowest BCUT2D eigenvalue weighted by Crippen LogP contribution is -2.43. The molecule has 0 aromatic carbocycles. The molecule has 0 aliphatic rings. The Kier molecular flexibility index (Phi) is 7.10. The Morgan fingerprint density at radius 1 is 1.25 bits per heavy atom. The predicted molar refractivity (Wildman–Crippen MR) is 71.9 cm³/mol. The zero-order valence-corrected chi connectivity index (χ0v) is 11.8. The Morgan fingerprint density at radius 3 is 2.06 bits per heavy atom. The summed E-state index contributed by atoms with van der Waals surface area (Å²) >= 11 is 4.76. The summed E-state index contributed by atoms with van der Waals surface area (Å²) in [6, 6.07) is 0. The second-order valence-electron chi connectivity index (χ2n) is 3.88. The zero-order valence-electron chi connectivity index (χ0n) is 10.2. The van der Waals surface area contributed by atoms with Gasteiger partial charge in [0.05, 0.1) is 4.99 Å². The van der Waals surface area contributed by atoms with E-state index in [4.69, 9.17) is 18.0 Å². The highest BCUT2D eigenvalue weighted by Crippen LogP contribution is 2.09. The molecule has 0 heterocycles. The minimum absolute atomic E-state index is 0.0412. The third-order valence-corrected chi connectivity index (χ3v) is 5.13. The van der Waals surface area contributed by atoms with Crippen molar-refractivity contribution in [2.45, 2.75) is 45.3 Å². The topological polar surface area (TPSA) is 72.2 Å². The van der Waals surface area contributed by atoms with Crippen molar-refractivity contribution in [3.8, 4) is 0 Å². The first-order valence-corrected chi connectivity index (χ1v) is 7.62. The second-order valence-corrected chi connectivity index (χ2v) is 6.29. The minimum atomic E-state index is -3.40. The fourth-order valence-electron chi connectivity index (χ4n) is 1.49. The second kappa shape index (κ2) is 7.19. The molecule has 0 spiro atoms. The van der Waals surface area contributed by atoms with Gasteiger partial charge in [-0.15, -0.1) is 0 Å². The van der Waals surface area contributed by atoms with E-state index in [1.54, 1.807) is 6.92 Å². The summed E-state index contributed by atoms with van der Waals surface area (Å²) in [5, 5.41) is -0.753. The quantitative estimate of drug-likeness (QED) is 0.652. The molecular formula is C10H22N2O2S2. The van der Waals surface area contributed by atoms with Gasteiger partial charge in [-0.25, -0.2) is 13.1 Å². The van der Waals surface area contributed by atoms with Crippen LogP contribution in [0.3, 0.4) is 0 Å². The molecule has 0 fully saturated rings. The molecule has 1 unspecified atom stereocenters. The van der Waals surface area contributed by atoms with Crippen molar-refractivity contribution in [1.82, 2.24) is 4.72 Å². The van der Waals surface area contributed by atoms with Gasteiger partial charge < -0.3 is 5.73 Å². The Labute approximate surface area is 104 Å². The first kappa shape index (κ1) is 15.8. The first-order chi connectivity index (χ1) is 7.38. The lowest BCUT2D eigenvalue weighted by molar-refractivity contribution is 0.477. The van der Waals surface area contributed by atoms with Crippen molar-refractivity contribution in [2.24, 2.45) is 11.7 Å². The molecule has 0 saturated heterocycles. The fraction of sp³-hybridized carbons (Fsp3) is 0.900. The van der Waals surface area contributed by atoms with Crippen LogP contribution in [0.5, 0.6) is 0 Å². The molecule has 0 aromatic rings. The predicted octanol–water partition coefficient (Wildman–Crippen LogP) is 1.41. The van der Waals surface area contributed by atoms with E-state index in [1.165, 1.54) is 0 Å². The maximum Gasteiger partial charge on any atom is 0.221 e. The summed E-state index contributed by atoms with van der Waals surface area (Å²) in [7, 11) is -3.40. The summed E-state index contributed by atoms with van der Waals surface area (Å²) in [6.45, 7) is 6.33. The molecule has 0 rings (SSSR count). The van der Waals surface area contributed by atoms with Crippen molar-refractivity contribution in [3.05, 3.63) is 0 Å². The molecule has 16 heavy (non-hydrogen) atoms. The van der Waals surface area contributed by atoms with Gasteiger partial charge in [0.2, 0.25) is 10.0 Å². The van der Waals surface area contributed by atoms with Gasteiger partial charge in [0.25, 0.3) is 0 Å². The monoisotopic (exact) mass is 266 g/mol. The largest absolute Gasteiger partial charge is 0.392 e. The first-order valence-electron chi connectivity index (χ1n) is 5.66. The van der Waals surface area contributed by atoms with Gasteiger partial charge in [-0.3, -0.25) is 0 Å². The molecule has 1 atom stereocenters. The molecule has 0 aliphatic heterocycles. The maximum absolute atomic E-state index is 11.9. The average Bonchev–Trinajstić information content (AvgIpc) is 2.19. The minimum Gasteiger partial charge on any atom is -0.392 e. The number of nitrogens with one attached hydrogen (secondary N) is 1. The van der Waals surface area contributed by atoms with E-state index < -0.39 is 15.3 Å². The summed E-state index contributed by atoms with van der Waals surface area (Å²) in [6.07, 6.45) is 2.33. The van der Waals surface area contributed by atoms with Gasteiger partial charge in [-0.2, -0.15) is 0 Å². The lowest BCUT2D eigenvalue weighted by Gasteiger charge is -2.18. The molecular weight excluding hydrogens is 244 g/mol. The molecule has 0 amide bonds. The molecule has 6 heteroatoms. The van der Waals surface area contributed by atoms with E-state index in [-0.39, 0.29) is 4.99 Å². The zero-order chi connectivity index (χ0) is 12.8. The van der Waals surface area contributed by atoms with Crippen molar-refractivity contribution in [2.75, 3.05) is 6.54 Å². The van der Waals surface area contributed by atoms with Gasteiger partial charge >= 0.3 is 0 Å². The molecule has 0 aromatic heterocycles. The van der Waals surface area contributed by atoms with Crippen LogP contribution in [-0.4, -0.2) is 25.2 Å². The van der Waals surface area contributed by atoms with Crippen LogP contribution in [0.25, 0.3) is 0 Å². The molecule has 0 aliphatic carbocycles. The number of thiocarbonyl (C=S) groups is 1. The highest BCUT2D eigenvalue weighted by atomic mass is 32.2. The van der Waals surface area contributed by atoms with Gasteiger partial charge in [0.15, 0.2) is 0 Å².